The summed E-state index contributed by atoms with van der Waals surface area (Å²) in [5, 5.41) is 9.65. The van der Waals surface area contributed by atoms with Crippen LogP contribution in [-0.4, -0.2) is 41.0 Å². The minimum atomic E-state index is -1.24. The van der Waals surface area contributed by atoms with Crippen LogP contribution in [0, 0.1) is 5.41 Å². The van der Waals surface area contributed by atoms with E-state index in [0.717, 1.165) is 12.0 Å². The summed E-state index contributed by atoms with van der Waals surface area (Å²) in [5.74, 6) is -0.765. The summed E-state index contributed by atoms with van der Waals surface area (Å²) in [6.07, 6.45) is 2.15. The molecule has 0 aliphatic carbocycles. The lowest BCUT2D eigenvalue weighted by Gasteiger charge is -2.42. The van der Waals surface area contributed by atoms with Gasteiger partial charge in [0.1, 0.15) is 5.56 Å². The first-order chi connectivity index (χ1) is 14.1. The van der Waals surface area contributed by atoms with Crippen molar-refractivity contribution in [3.63, 3.8) is 0 Å². The number of nitrogens with zero attached hydrogens (tertiary/aromatic N) is 2. The van der Waals surface area contributed by atoms with Crippen LogP contribution in [0.2, 0.25) is 5.15 Å². The number of methoxy groups -OCH3 is 1. The van der Waals surface area contributed by atoms with Gasteiger partial charge in [0, 0.05) is 44.4 Å². The quantitative estimate of drug-likeness (QED) is 0.535. The van der Waals surface area contributed by atoms with Gasteiger partial charge >= 0.3 is 5.97 Å². The highest BCUT2D eigenvalue weighted by atomic mass is 35.5. The van der Waals surface area contributed by atoms with Crippen LogP contribution in [0.3, 0.4) is 0 Å². The molecule has 1 N–H and O–H groups in total. The molecule has 2 atom stereocenters. The van der Waals surface area contributed by atoms with Crippen LogP contribution in [0.1, 0.15) is 62.0 Å². The van der Waals surface area contributed by atoms with Gasteiger partial charge in [-0.05, 0) is 17.0 Å². The molecular weight excluding hydrogens is 408 g/mol. The first kappa shape index (κ1) is 22.3. The van der Waals surface area contributed by atoms with E-state index in [0.29, 0.717) is 30.4 Å². The fourth-order valence-electron chi connectivity index (χ4n) is 4.23. The summed E-state index contributed by atoms with van der Waals surface area (Å²) in [5.41, 5.74) is 1.03. The van der Waals surface area contributed by atoms with E-state index in [9.17, 15) is 14.7 Å². The number of aromatic nitrogens is 2. The van der Waals surface area contributed by atoms with E-state index < -0.39 is 11.4 Å². The zero-order valence-electron chi connectivity index (χ0n) is 17.9. The molecule has 2 aromatic rings. The molecule has 8 heteroatoms. The number of pyridine rings is 2. The fourth-order valence-corrected chi connectivity index (χ4v) is 4.43. The fraction of sp³-hybridized carbons (Fsp3) is 0.500. The highest BCUT2D eigenvalue weighted by Crippen LogP contribution is 2.50. The number of carbonyl (C=O) groups is 1. The van der Waals surface area contributed by atoms with Crippen LogP contribution in [0.25, 0.3) is 11.4 Å². The number of carboxylic acid groups (broad SMARTS) is 1. The Bertz CT molecular complexity index is 1030. The van der Waals surface area contributed by atoms with Crippen LogP contribution in [-0.2, 0) is 4.74 Å². The number of ether oxygens (including phenoxy) is 2. The summed E-state index contributed by atoms with van der Waals surface area (Å²) < 4.78 is 12.7. The SMILES string of the molecule is COCCCOc1cc2c(nc1Cl)-c1cc(=O)c(C(=O)O)cn1C(C(C)(C)C)C2C. The smallest absolute Gasteiger partial charge is 0.341 e. The molecule has 2 unspecified atom stereocenters. The largest absolute Gasteiger partial charge is 0.490 e. The molecular formula is C22H27ClN2O5. The van der Waals surface area contributed by atoms with Crippen LogP contribution >= 0.6 is 11.6 Å². The number of aromatic carboxylic acids is 1. The molecule has 0 bridgehead atoms. The zero-order chi connectivity index (χ0) is 22.2. The van der Waals surface area contributed by atoms with Gasteiger partial charge in [-0.15, -0.1) is 0 Å². The van der Waals surface area contributed by atoms with E-state index in [1.165, 1.54) is 12.3 Å². The van der Waals surface area contributed by atoms with Crippen molar-refractivity contribution in [2.75, 3.05) is 20.3 Å². The Morgan fingerprint density at radius 3 is 2.60 bits per heavy atom. The maximum atomic E-state index is 12.4. The average Bonchev–Trinajstić information content (AvgIpc) is 2.65. The van der Waals surface area contributed by atoms with Crippen molar-refractivity contribution in [2.45, 2.75) is 46.1 Å². The summed E-state index contributed by atoms with van der Waals surface area (Å²) in [6.45, 7) is 9.37. The molecule has 30 heavy (non-hydrogen) atoms. The Kier molecular flexibility index (Phi) is 6.24. The van der Waals surface area contributed by atoms with Crippen molar-refractivity contribution >= 4 is 17.6 Å². The van der Waals surface area contributed by atoms with Crippen molar-refractivity contribution in [3.8, 4) is 17.1 Å². The van der Waals surface area contributed by atoms with Crippen LogP contribution in [0.5, 0.6) is 5.75 Å². The third-order valence-corrected chi connectivity index (χ3v) is 5.70. The molecule has 0 fully saturated rings. The Morgan fingerprint density at radius 1 is 1.30 bits per heavy atom. The van der Waals surface area contributed by atoms with Gasteiger partial charge < -0.3 is 19.1 Å². The number of halogens is 1. The molecule has 0 saturated heterocycles. The van der Waals surface area contributed by atoms with Gasteiger partial charge in [-0.25, -0.2) is 9.78 Å². The van der Waals surface area contributed by atoms with Crippen molar-refractivity contribution < 1.29 is 19.4 Å². The lowest BCUT2D eigenvalue weighted by atomic mass is 9.73. The van der Waals surface area contributed by atoms with Crippen LogP contribution in [0.4, 0.5) is 0 Å². The predicted octanol–water partition coefficient (Wildman–Crippen LogP) is 4.38. The number of fused-ring (bicyclic) bond motifs is 3. The van der Waals surface area contributed by atoms with Crippen molar-refractivity contribution in [2.24, 2.45) is 5.41 Å². The van der Waals surface area contributed by atoms with Gasteiger partial charge in [0.2, 0.25) is 0 Å². The van der Waals surface area contributed by atoms with Crippen molar-refractivity contribution in [3.05, 3.63) is 44.8 Å². The van der Waals surface area contributed by atoms with Crippen LogP contribution in [0.15, 0.2) is 23.1 Å². The molecule has 7 nitrogen and oxygen atoms in total. The maximum Gasteiger partial charge on any atom is 0.341 e. The molecule has 3 rings (SSSR count). The summed E-state index contributed by atoms with van der Waals surface area (Å²) in [4.78, 5) is 28.5. The molecule has 0 spiro atoms. The minimum Gasteiger partial charge on any atom is -0.490 e. The van der Waals surface area contributed by atoms with Gasteiger partial charge in [0.05, 0.1) is 18.0 Å². The monoisotopic (exact) mass is 434 g/mol. The van der Waals surface area contributed by atoms with E-state index in [1.54, 1.807) is 7.11 Å². The van der Waals surface area contributed by atoms with E-state index in [4.69, 9.17) is 21.1 Å². The number of rotatable bonds is 6. The molecule has 0 saturated carbocycles. The van der Waals surface area contributed by atoms with Crippen molar-refractivity contribution in [1.82, 2.24) is 9.55 Å². The van der Waals surface area contributed by atoms with Crippen molar-refractivity contribution in [1.29, 1.82) is 0 Å². The van der Waals surface area contributed by atoms with E-state index >= 15 is 0 Å². The molecule has 162 valence electrons. The molecule has 2 aromatic heterocycles. The molecule has 1 aliphatic rings. The molecule has 0 amide bonds. The lowest BCUT2D eigenvalue weighted by Crippen LogP contribution is -2.35. The summed E-state index contributed by atoms with van der Waals surface area (Å²) in [7, 11) is 1.64. The molecule has 1 aliphatic heterocycles. The average molecular weight is 435 g/mol. The second-order valence-corrected chi connectivity index (χ2v) is 9.02. The van der Waals surface area contributed by atoms with Gasteiger partial charge in [0.25, 0.3) is 0 Å². The first-order valence-corrected chi connectivity index (χ1v) is 10.3. The normalized spacial score (nSPS) is 17.9. The Labute approximate surface area is 180 Å². The maximum absolute atomic E-state index is 12.4. The van der Waals surface area contributed by atoms with E-state index in [2.05, 4.69) is 32.7 Å². The molecule has 0 radical (unpaired) electrons. The Morgan fingerprint density at radius 2 is 2.00 bits per heavy atom. The van der Waals surface area contributed by atoms with Gasteiger partial charge in [0.15, 0.2) is 16.3 Å². The minimum absolute atomic E-state index is 0.0114. The Balaban J connectivity index is 2.18. The standard InChI is InChI=1S/C22H27ClN2O5/c1-12-13-9-17(30-8-6-7-29-5)20(23)24-18(13)15-10-16(26)14(21(27)28)11-25(15)19(12)22(2,3)4/h9-12,19H,6-8H2,1-5H3,(H,27,28). The number of hydrogen-bond donors (Lipinski definition) is 1. The molecule has 0 aromatic carbocycles. The summed E-state index contributed by atoms with van der Waals surface area (Å²) >= 11 is 6.39. The second kappa shape index (κ2) is 8.40. The van der Waals surface area contributed by atoms with E-state index in [-0.39, 0.29) is 28.1 Å². The third-order valence-electron chi connectivity index (χ3n) is 5.43. The Hall–Kier alpha value is -2.38. The number of hydrogen-bond acceptors (Lipinski definition) is 5. The topological polar surface area (TPSA) is 90.7 Å². The highest BCUT2D eigenvalue weighted by Gasteiger charge is 2.39. The van der Waals surface area contributed by atoms with Crippen LogP contribution < -0.4 is 10.2 Å². The third kappa shape index (κ3) is 4.09. The highest BCUT2D eigenvalue weighted by molar-refractivity contribution is 6.31. The zero-order valence-corrected chi connectivity index (χ0v) is 18.6. The predicted molar refractivity (Wildman–Crippen MR) is 115 cm³/mol. The van der Waals surface area contributed by atoms with Gasteiger partial charge in [-0.2, -0.15) is 0 Å². The molecule has 3 heterocycles. The summed E-state index contributed by atoms with van der Waals surface area (Å²) in [6, 6.07) is 3.14. The first-order valence-electron chi connectivity index (χ1n) is 9.88. The van der Waals surface area contributed by atoms with Gasteiger partial charge in [-0.3, -0.25) is 4.79 Å². The lowest BCUT2D eigenvalue weighted by molar-refractivity contribution is 0.0693. The second-order valence-electron chi connectivity index (χ2n) is 8.66. The number of carboxylic acids is 1. The van der Waals surface area contributed by atoms with E-state index in [1.807, 2.05) is 10.6 Å². The van der Waals surface area contributed by atoms with Gasteiger partial charge in [-0.1, -0.05) is 39.3 Å².